The van der Waals surface area contributed by atoms with Crippen molar-refractivity contribution < 1.29 is 9.84 Å². The van der Waals surface area contributed by atoms with Crippen molar-refractivity contribution >= 4 is 15.9 Å². The van der Waals surface area contributed by atoms with Gasteiger partial charge in [0, 0.05) is 0 Å². The Morgan fingerprint density at radius 1 is 1.11 bits per heavy atom. The summed E-state index contributed by atoms with van der Waals surface area (Å²) < 4.78 is 6.70. The van der Waals surface area contributed by atoms with Crippen LogP contribution in [0.2, 0.25) is 0 Å². The molecule has 18 heavy (non-hydrogen) atoms. The average molecular weight is 307 g/mol. The van der Waals surface area contributed by atoms with Crippen LogP contribution in [0.5, 0.6) is 11.5 Å². The quantitative estimate of drug-likeness (QED) is 0.897. The molecule has 0 aromatic heterocycles. The second kappa shape index (κ2) is 5.55. The van der Waals surface area contributed by atoms with E-state index in [0.717, 1.165) is 21.5 Å². The zero-order valence-corrected chi connectivity index (χ0v) is 11.9. The summed E-state index contributed by atoms with van der Waals surface area (Å²) in [5.41, 5.74) is 2.06. The fraction of sp³-hybridized carbons (Fsp3) is 0.200. The van der Waals surface area contributed by atoms with Crippen molar-refractivity contribution in [3.63, 3.8) is 0 Å². The van der Waals surface area contributed by atoms with Gasteiger partial charge >= 0.3 is 0 Å². The van der Waals surface area contributed by atoms with E-state index in [0.29, 0.717) is 0 Å². The zero-order valence-electron chi connectivity index (χ0n) is 10.4. The first kappa shape index (κ1) is 13.1. The average Bonchev–Trinajstić information content (AvgIpc) is 2.33. The summed E-state index contributed by atoms with van der Waals surface area (Å²) >= 11 is 3.48. The summed E-state index contributed by atoms with van der Waals surface area (Å²) in [5, 5.41) is 9.43. The van der Waals surface area contributed by atoms with E-state index in [1.165, 1.54) is 5.56 Å². The Bertz CT molecular complexity index is 533. The normalized spacial score (nSPS) is 12.2. The molecular weight excluding hydrogens is 292 g/mol. The molecule has 2 aromatic carbocycles. The minimum Gasteiger partial charge on any atom is -0.456 e. The number of hydrogen-bond donors (Lipinski definition) is 1. The molecule has 3 heteroatoms. The van der Waals surface area contributed by atoms with Gasteiger partial charge in [0.05, 0.1) is 10.6 Å². The van der Waals surface area contributed by atoms with Crippen LogP contribution in [0.1, 0.15) is 24.2 Å². The number of ether oxygens (including phenoxy) is 1. The minimum absolute atomic E-state index is 0.454. The maximum Gasteiger partial charge on any atom is 0.141 e. The maximum atomic E-state index is 9.43. The zero-order chi connectivity index (χ0) is 13.1. The number of benzene rings is 2. The number of halogens is 1. The molecule has 2 aromatic rings. The van der Waals surface area contributed by atoms with Crippen LogP contribution in [0.3, 0.4) is 0 Å². The van der Waals surface area contributed by atoms with E-state index >= 15 is 0 Å². The second-order valence-corrected chi connectivity index (χ2v) is 5.14. The van der Waals surface area contributed by atoms with Crippen molar-refractivity contribution in [2.45, 2.75) is 20.0 Å². The highest BCUT2D eigenvalue weighted by atomic mass is 79.9. The van der Waals surface area contributed by atoms with Crippen LogP contribution in [-0.4, -0.2) is 5.11 Å². The number of rotatable bonds is 3. The molecule has 0 saturated heterocycles. The smallest absolute Gasteiger partial charge is 0.141 e. The Kier molecular flexibility index (Phi) is 4.04. The van der Waals surface area contributed by atoms with Gasteiger partial charge in [-0.3, -0.25) is 0 Å². The van der Waals surface area contributed by atoms with Gasteiger partial charge in [0.25, 0.3) is 0 Å². The third-order valence-corrected chi connectivity index (χ3v) is 3.30. The Hall–Kier alpha value is -1.32. The first-order valence-corrected chi connectivity index (χ1v) is 6.57. The van der Waals surface area contributed by atoms with Crippen LogP contribution >= 0.6 is 15.9 Å². The topological polar surface area (TPSA) is 29.5 Å². The fourth-order valence-electron chi connectivity index (χ4n) is 1.63. The molecule has 1 N–H and O–H groups in total. The Morgan fingerprint density at radius 2 is 1.78 bits per heavy atom. The van der Waals surface area contributed by atoms with Crippen LogP contribution in [0.25, 0.3) is 0 Å². The molecule has 0 spiro atoms. The molecule has 0 aliphatic rings. The number of hydrogen-bond acceptors (Lipinski definition) is 2. The fourth-order valence-corrected chi connectivity index (χ4v) is 2.20. The lowest BCUT2D eigenvalue weighted by Gasteiger charge is -2.10. The third-order valence-electron chi connectivity index (χ3n) is 2.68. The summed E-state index contributed by atoms with van der Waals surface area (Å²) in [4.78, 5) is 0. The molecule has 1 atom stereocenters. The van der Waals surface area contributed by atoms with E-state index in [9.17, 15) is 5.11 Å². The van der Waals surface area contributed by atoms with Gasteiger partial charge in [-0.25, -0.2) is 0 Å². The summed E-state index contributed by atoms with van der Waals surface area (Å²) in [6.07, 6.45) is -0.454. The van der Waals surface area contributed by atoms with Crippen LogP contribution in [-0.2, 0) is 0 Å². The third kappa shape index (κ3) is 3.12. The lowest BCUT2D eigenvalue weighted by Crippen LogP contribution is -1.91. The lowest BCUT2D eigenvalue weighted by molar-refractivity contribution is 0.199. The molecule has 0 heterocycles. The molecule has 0 amide bonds. The van der Waals surface area contributed by atoms with Gasteiger partial charge in [0.15, 0.2) is 0 Å². The van der Waals surface area contributed by atoms with Crippen LogP contribution in [0, 0.1) is 6.92 Å². The van der Waals surface area contributed by atoms with Gasteiger partial charge in [-0.2, -0.15) is 0 Å². The molecule has 2 nitrogen and oxygen atoms in total. The van der Waals surface area contributed by atoms with Gasteiger partial charge in [-0.05, 0) is 65.2 Å². The van der Waals surface area contributed by atoms with E-state index in [1.807, 2.05) is 49.4 Å². The van der Waals surface area contributed by atoms with E-state index in [1.54, 1.807) is 6.92 Å². The van der Waals surface area contributed by atoms with E-state index in [2.05, 4.69) is 15.9 Å². The van der Waals surface area contributed by atoms with Crippen LogP contribution in [0.15, 0.2) is 46.9 Å². The van der Waals surface area contributed by atoms with Gasteiger partial charge in [-0.15, -0.1) is 0 Å². The van der Waals surface area contributed by atoms with Crippen molar-refractivity contribution in [2.75, 3.05) is 0 Å². The Labute approximate surface area is 115 Å². The van der Waals surface area contributed by atoms with E-state index in [-0.39, 0.29) is 0 Å². The first-order valence-electron chi connectivity index (χ1n) is 5.78. The van der Waals surface area contributed by atoms with E-state index in [4.69, 9.17) is 4.74 Å². The number of aliphatic hydroxyl groups is 1. The molecule has 2 rings (SSSR count). The SMILES string of the molecule is Cc1ccc(Oc2ccc([C@H](C)O)cc2)c(Br)c1. The second-order valence-electron chi connectivity index (χ2n) is 4.28. The van der Waals surface area contributed by atoms with Crippen LogP contribution < -0.4 is 4.74 Å². The molecule has 0 aliphatic carbocycles. The molecule has 0 aliphatic heterocycles. The summed E-state index contributed by atoms with van der Waals surface area (Å²) in [5.74, 6) is 1.54. The number of aliphatic hydroxyl groups excluding tert-OH is 1. The molecule has 94 valence electrons. The highest BCUT2D eigenvalue weighted by Gasteiger charge is 2.04. The number of aryl methyl sites for hydroxylation is 1. The lowest BCUT2D eigenvalue weighted by atomic mass is 10.1. The van der Waals surface area contributed by atoms with Crippen molar-refractivity contribution in [3.8, 4) is 11.5 Å². The first-order chi connectivity index (χ1) is 8.56. The van der Waals surface area contributed by atoms with Gasteiger partial charge in [0.2, 0.25) is 0 Å². The Balaban J connectivity index is 2.18. The summed E-state index contributed by atoms with van der Waals surface area (Å²) in [6, 6.07) is 13.4. The standard InChI is InChI=1S/C15H15BrO2/c1-10-3-8-15(14(16)9-10)18-13-6-4-12(5-7-13)11(2)17/h3-9,11,17H,1-2H3/t11-/m0/s1. The highest BCUT2D eigenvalue weighted by Crippen LogP contribution is 2.30. The summed E-state index contributed by atoms with van der Waals surface area (Å²) in [6.45, 7) is 3.78. The predicted octanol–water partition coefficient (Wildman–Crippen LogP) is 4.60. The van der Waals surface area contributed by atoms with Crippen LogP contribution in [0.4, 0.5) is 0 Å². The molecular formula is C15H15BrO2. The minimum atomic E-state index is -0.454. The van der Waals surface area contributed by atoms with Gasteiger partial charge in [-0.1, -0.05) is 18.2 Å². The van der Waals surface area contributed by atoms with Crippen molar-refractivity contribution in [2.24, 2.45) is 0 Å². The highest BCUT2D eigenvalue weighted by molar-refractivity contribution is 9.10. The van der Waals surface area contributed by atoms with E-state index < -0.39 is 6.10 Å². The maximum absolute atomic E-state index is 9.43. The van der Waals surface area contributed by atoms with Gasteiger partial charge < -0.3 is 9.84 Å². The molecule has 0 saturated carbocycles. The van der Waals surface area contributed by atoms with Crippen molar-refractivity contribution in [1.29, 1.82) is 0 Å². The molecule has 0 fully saturated rings. The van der Waals surface area contributed by atoms with Crippen molar-refractivity contribution in [1.82, 2.24) is 0 Å². The van der Waals surface area contributed by atoms with Crippen molar-refractivity contribution in [3.05, 3.63) is 58.1 Å². The summed E-state index contributed by atoms with van der Waals surface area (Å²) in [7, 11) is 0. The molecule has 0 unspecified atom stereocenters. The molecule has 0 bridgehead atoms. The largest absolute Gasteiger partial charge is 0.456 e. The predicted molar refractivity (Wildman–Crippen MR) is 76.0 cm³/mol. The Morgan fingerprint density at radius 3 is 2.33 bits per heavy atom. The molecule has 0 radical (unpaired) electrons. The van der Waals surface area contributed by atoms with Gasteiger partial charge in [0.1, 0.15) is 11.5 Å². The monoisotopic (exact) mass is 306 g/mol.